The Balaban J connectivity index is 1.52. The fraction of sp³-hybridized carbons (Fsp3) is 0.235. The molecule has 5 nitrogen and oxygen atoms in total. The van der Waals surface area contributed by atoms with Crippen LogP contribution in [0.1, 0.15) is 12.8 Å². The van der Waals surface area contributed by atoms with Gasteiger partial charge in [0.05, 0.1) is 0 Å². The van der Waals surface area contributed by atoms with Crippen molar-refractivity contribution in [3.63, 3.8) is 0 Å². The predicted octanol–water partition coefficient (Wildman–Crippen LogP) is 4.14. The van der Waals surface area contributed by atoms with Crippen LogP contribution in [0.4, 0.5) is 16.2 Å². The minimum Gasteiger partial charge on any atom is -0.508 e. The van der Waals surface area contributed by atoms with E-state index in [1.807, 2.05) is 24.3 Å². The molecule has 1 aliphatic heterocycles. The van der Waals surface area contributed by atoms with Crippen LogP contribution in [0.5, 0.6) is 5.75 Å². The summed E-state index contributed by atoms with van der Waals surface area (Å²) in [6.07, 6.45) is 2.54. The van der Waals surface area contributed by atoms with E-state index in [9.17, 15) is 9.90 Å². The smallest absolute Gasteiger partial charge is 0.323 e. The van der Waals surface area contributed by atoms with Gasteiger partial charge in [-0.3, -0.25) is 0 Å². The molecule has 2 amide bonds. The standard InChI is InChI=1S/C17H19N3O2S/c21-15-7-3-13(4-8-15)18-17(22)19-14-5-9-16(10-6-14)23-20-11-1-2-12-20/h3-10,21H,1-2,11-12H2,(H2,18,19,22). The Morgan fingerprint density at radius 1 is 0.913 bits per heavy atom. The molecular weight excluding hydrogens is 310 g/mol. The number of phenolic OH excluding ortho intramolecular Hbond substituents is 1. The van der Waals surface area contributed by atoms with Gasteiger partial charge in [0.15, 0.2) is 0 Å². The number of hydrogen-bond acceptors (Lipinski definition) is 4. The maximum Gasteiger partial charge on any atom is 0.323 e. The van der Waals surface area contributed by atoms with Gasteiger partial charge < -0.3 is 15.7 Å². The SMILES string of the molecule is O=C(Nc1ccc(O)cc1)Nc1ccc(SN2CCCC2)cc1. The summed E-state index contributed by atoms with van der Waals surface area (Å²) >= 11 is 1.76. The Morgan fingerprint density at radius 3 is 2.00 bits per heavy atom. The lowest BCUT2D eigenvalue weighted by Crippen LogP contribution is -2.19. The third-order valence-corrected chi connectivity index (χ3v) is 4.64. The molecule has 0 bridgehead atoms. The van der Waals surface area contributed by atoms with Gasteiger partial charge >= 0.3 is 6.03 Å². The summed E-state index contributed by atoms with van der Waals surface area (Å²) in [4.78, 5) is 13.1. The first kappa shape index (κ1) is 15.7. The Morgan fingerprint density at radius 2 is 1.43 bits per heavy atom. The lowest BCUT2D eigenvalue weighted by atomic mass is 10.3. The Bertz CT molecular complexity index is 653. The molecule has 120 valence electrons. The molecule has 0 aliphatic carbocycles. The minimum absolute atomic E-state index is 0.169. The maximum absolute atomic E-state index is 11.9. The number of nitrogens with one attached hydrogen (secondary N) is 2. The number of urea groups is 1. The van der Waals surface area contributed by atoms with Crippen molar-refractivity contribution >= 4 is 29.4 Å². The van der Waals surface area contributed by atoms with Crippen molar-refractivity contribution in [3.8, 4) is 5.75 Å². The molecule has 1 aliphatic rings. The number of amides is 2. The Labute approximate surface area is 139 Å². The van der Waals surface area contributed by atoms with Crippen LogP contribution < -0.4 is 10.6 Å². The number of nitrogens with zero attached hydrogens (tertiary/aromatic N) is 1. The van der Waals surface area contributed by atoms with Crippen molar-refractivity contribution in [2.75, 3.05) is 23.7 Å². The topological polar surface area (TPSA) is 64.6 Å². The van der Waals surface area contributed by atoms with Gasteiger partial charge in [-0.05, 0) is 73.3 Å². The van der Waals surface area contributed by atoms with E-state index in [1.165, 1.54) is 29.9 Å². The summed E-state index contributed by atoms with van der Waals surface area (Å²) in [5.74, 6) is 0.169. The fourth-order valence-electron chi connectivity index (χ4n) is 2.37. The summed E-state index contributed by atoms with van der Waals surface area (Å²) in [5.41, 5.74) is 1.37. The summed E-state index contributed by atoms with van der Waals surface area (Å²) in [7, 11) is 0. The van der Waals surface area contributed by atoms with Crippen molar-refractivity contribution in [1.82, 2.24) is 4.31 Å². The number of benzene rings is 2. The van der Waals surface area contributed by atoms with Crippen molar-refractivity contribution in [2.45, 2.75) is 17.7 Å². The molecule has 1 saturated heterocycles. The van der Waals surface area contributed by atoms with Crippen molar-refractivity contribution in [3.05, 3.63) is 48.5 Å². The second kappa shape index (κ2) is 7.39. The molecule has 1 fully saturated rings. The lowest BCUT2D eigenvalue weighted by molar-refractivity contribution is 0.262. The number of hydrogen-bond donors (Lipinski definition) is 3. The highest BCUT2D eigenvalue weighted by Crippen LogP contribution is 2.27. The summed E-state index contributed by atoms with van der Waals surface area (Å²) < 4.78 is 2.36. The van der Waals surface area contributed by atoms with E-state index in [-0.39, 0.29) is 11.8 Å². The zero-order valence-corrected chi connectivity index (χ0v) is 13.5. The highest BCUT2D eigenvalue weighted by atomic mass is 32.2. The van der Waals surface area contributed by atoms with Gasteiger partial charge in [-0.25, -0.2) is 9.10 Å². The number of phenols is 1. The first-order chi connectivity index (χ1) is 11.2. The summed E-state index contributed by atoms with van der Waals surface area (Å²) in [6.45, 7) is 2.28. The van der Waals surface area contributed by atoms with E-state index in [1.54, 1.807) is 24.1 Å². The molecular formula is C17H19N3O2S. The predicted molar refractivity (Wildman–Crippen MR) is 93.9 cm³/mol. The molecule has 0 atom stereocenters. The minimum atomic E-state index is -0.310. The van der Waals surface area contributed by atoms with Gasteiger partial charge in [-0.1, -0.05) is 0 Å². The maximum atomic E-state index is 11.9. The van der Waals surface area contributed by atoms with Crippen LogP contribution in [0.3, 0.4) is 0 Å². The molecule has 2 aromatic carbocycles. The molecule has 1 heterocycles. The molecule has 2 aromatic rings. The van der Waals surface area contributed by atoms with Crippen LogP contribution in [0.2, 0.25) is 0 Å². The van der Waals surface area contributed by atoms with E-state index < -0.39 is 0 Å². The number of anilines is 2. The average molecular weight is 329 g/mol. The van der Waals surface area contributed by atoms with Crippen LogP contribution >= 0.6 is 11.9 Å². The van der Waals surface area contributed by atoms with Gasteiger partial charge in [-0.2, -0.15) is 0 Å². The average Bonchev–Trinajstić information content (AvgIpc) is 3.04. The molecule has 3 rings (SSSR count). The van der Waals surface area contributed by atoms with E-state index in [2.05, 4.69) is 14.9 Å². The molecule has 6 heteroatoms. The van der Waals surface area contributed by atoms with Crippen LogP contribution in [-0.2, 0) is 0 Å². The van der Waals surface area contributed by atoms with Crippen molar-refractivity contribution < 1.29 is 9.90 Å². The van der Waals surface area contributed by atoms with Gasteiger partial charge in [-0.15, -0.1) is 0 Å². The largest absolute Gasteiger partial charge is 0.508 e. The van der Waals surface area contributed by atoms with Gasteiger partial charge in [0.25, 0.3) is 0 Å². The van der Waals surface area contributed by atoms with Gasteiger partial charge in [0.2, 0.25) is 0 Å². The molecule has 3 N–H and O–H groups in total. The van der Waals surface area contributed by atoms with E-state index >= 15 is 0 Å². The molecule has 0 saturated carbocycles. The van der Waals surface area contributed by atoms with E-state index in [0.717, 1.165) is 18.8 Å². The molecule has 0 spiro atoms. The van der Waals surface area contributed by atoms with Crippen LogP contribution in [-0.4, -0.2) is 28.5 Å². The zero-order valence-electron chi connectivity index (χ0n) is 12.7. The third-order valence-electron chi connectivity index (χ3n) is 3.54. The molecule has 0 aromatic heterocycles. The number of aromatic hydroxyl groups is 1. The van der Waals surface area contributed by atoms with Crippen LogP contribution in [0.15, 0.2) is 53.4 Å². The third kappa shape index (κ3) is 4.64. The van der Waals surface area contributed by atoms with Crippen molar-refractivity contribution in [2.24, 2.45) is 0 Å². The zero-order chi connectivity index (χ0) is 16.1. The van der Waals surface area contributed by atoms with Crippen LogP contribution in [0, 0.1) is 0 Å². The van der Waals surface area contributed by atoms with Crippen molar-refractivity contribution in [1.29, 1.82) is 0 Å². The molecule has 23 heavy (non-hydrogen) atoms. The quantitative estimate of drug-likeness (QED) is 0.583. The number of carbonyl (C=O) groups is 1. The summed E-state index contributed by atoms with van der Waals surface area (Å²) in [5, 5.41) is 14.7. The number of carbonyl (C=O) groups excluding carboxylic acids is 1. The van der Waals surface area contributed by atoms with Gasteiger partial charge in [0, 0.05) is 29.4 Å². The Kier molecular flexibility index (Phi) is 5.05. The van der Waals surface area contributed by atoms with E-state index in [0.29, 0.717) is 5.69 Å². The fourth-order valence-corrected chi connectivity index (χ4v) is 3.36. The van der Waals surface area contributed by atoms with Gasteiger partial charge in [0.1, 0.15) is 5.75 Å². The number of rotatable bonds is 4. The molecule has 0 unspecified atom stereocenters. The first-order valence-electron chi connectivity index (χ1n) is 7.59. The second-order valence-corrected chi connectivity index (χ2v) is 6.55. The normalized spacial score (nSPS) is 14.6. The Hall–Kier alpha value is -2.18. The first-order valence-corrected chi connectivity index (χ1v) is 8.36. The highest BCUT2D eigenvalue weighted by Gasteiger charge is 2.12. The van der Waals surface area contributed by atoms with Crippen LogP contribution in [0.25, 0.3) is 0 Å². The lowest BCUT2D eigenvalue weighted by Gasteiger charge is -2.13. The second-order valence-electron chi connectivity index (χ2n) is 5.38. The highest BCUT2D eigenvalue weighted by molar-refractivity contribution is 7.97. The molecule has 0 radical (unpaired) electrons. The summed E-state index contributed by atoms with van der Waals surface area (Å²) in [6, 6.07) is 13.9. The monoisotopic (exact) mass is 329 g/mol. The van der Waals surface area contributed by atoms with E-state index in [4.69, 9.17) is 0 Å².